The number of nitrogens with one attached hydrogen (secondary N) is 2. The van der Waals surface area contributed by atoms with Crippen molar-refractivity contribution >= 4 is 34.1 Å². The van der Waals surface area contributed by atoms with Crippen LogP contribution >= 0.6 is 11.6 Å². The van der Waals surface area contributed by atoms with Gasteiger partial charge in [-0.1, -0.05) is 11.6 Å². The monoisotopic (exact) mass is 332 g/mol. The fraction of sp³-hybridized carbons (Fsp3) is 0.118. The Labute approximate surface area is 137 Å². The summed E-state index contributed by atoms with van der Waals surface area (Å²) in [4.78, 5) is 15.5. The summed E-state index contributed by atoms with van der Waals surface area (Å²) in [7, 11) is 1.59. The number of rotatable bonds is 3. The summed E-state index contributed by atoms with van der Waals surface area (Å²) in [5.74, 6) is -0.129. The number of ether oxygens (including phenoxy) is 1. The Morgan fingerprint density at radius 3 is 2.74 bits per heavy atom. The minimum Gasteiger partial charge on any atom is -0.497 e. The molecule has 1 amide bonds. The predicted octanol–water partition coefficient (Wildman–Crippen LogP) is 4.53. The minimum absolute atomic E-state index is 0.0408. The number of anilines is 1. The molecule has 118 valence electrons. The number of benzene rings is 2. The molecule has 0 fully saturated rings. The topological polar surface area (TPSA) is 54.1 Å². The Bertz CT molecular complexity index is 905. The zero-order valence-electron chi connectivity index (χ0n) is 12.5. The van der Waals surface area contributed by atoms with Crippen molar-refractivity contribution in [1.29, 1.82) is 0 Å². The van der Waals surface area contributed by atoms with E-state index in [4.69, 9.17) is 16.3 Å². The summed E-state index contributed by atoms with van der Waals surface area (Å²) in [5.41, 5.74) is 2.51. The number of hydrogen-bond donors (Lipinski definition) is 2. The molecule has 2 aromatic carbocycles. The van der Waals surface area contributed by atoms with Gasteiger partial charge in [0.2, 0.25) is 0 Å². The summed E-state index contributed by atoms with van der Waals surface area (Å²) >= 11 is 5.72. The van der Waals surface area contributed by atoms with Gasteiger partial charge in [-0.2, -0.15) is 0 Å². The van der Waals surface area contributed by atoms with E-state index in [1.165, 1.54) is 18.2 Å². The zero-order valence-corrected chi connectivity index (χ0v) is 13.3. The van der Waals surface area contributed by atoms with Crippen molar-refractivity contribution in [3.63, 3.8) is 0 Å². The molecule has 23 heavy (non-hydrogen) atoms. The highest BCUT2D eigenvalue weighted by molar-refractivity contribution is 6.31. The number of fused-ring (bicyclic) bond motifs is 1. The number of aromatic amines is 1. The molecule has 1 heterocycles. The van der Waals surface area contributed by atoms with E-state index in [-0.39, 0.29) is 10.9 Å². The highest BCUT2D eigenvalue weighted by atomic mass is 35.5. The maximum atomic E-state index is 13.2. The molecule has 0 aliphatic carbocycles. The molecule has 0 saturated carbocycles. The van der Waals surface area contributed by atoms with Gasteiger partial charge in [0.05, 0.1) is 12.1 Å². The van der Waals surface area contributed by atoms with Crippen molar-refractivity contribution in [2.75, 3.05) is 12.4 Å². The van der Waals surface area contributed by atoms with Crippen LogP contribution in [-0.4, -0.2) is 18.0 Å². The van der Waals surface area contributed by atoms with Gasteiger partial charge >= 0.3 is 0 Å². The molecule has 0 aliphatic heterocycles. The van der Waals surface area contributed by atoms with Crippen LogP contribution in [0.25, 0.3) is 10.9 Å². The van der Waals surface area contributed by atoms with Gasteiger partial charge in [-0.05, 0) is 48.9 Å². The third kappa shape index (κ3) is 2.87. The van der Waals surface area contributed by atoms with Crippen LogP contribution in [0.15, 0.2) is 36.4 Å². The van der Waals surface area contributed by atoms with Crippen LogP contribution in [0.4, 0.5) is 10.1 Å². The molecule has 0 saturated heterocycles. The lowest BCUT2D eigenvalue weighted by Gasteiger charge is -2.05. The molecular weight excluding hydrogens is 319 g/mol. The van der Waals surface area contributed by atoms with Crippen molar-refractivity contribution in [2.45, 2.75) is 6.92 Å². The van der Waals surface area contributed by atoms with Crippen molar-refractivity contribution < 1.29 is 13.9 Å². The first-order valence-electron chi connectivity index (χ1n) is 6.92. The molecule has 0 bridgehead atoms. The second-order valence-corrected chi connectivity index (χ2v) is 5.53. The number of aryl methyl sites for hydroxylation is 1. The quantitative estimate of drug-likeness (QED) is 0.740. The number of carbonyl (C=O) groups is 1. The zero-order chi connectivity index (χ0) is 16.6. The number of carbonyl (C=O) groups excluding carboxylic acids is 1. The summed E-state index contributed by atoms with van der Waals surface area (Å²) < 4.78 is 18.4. The number of methoxy groups -OCH3 is 1. The van der Waals surface area contributed by atoms with Crippen molar-refractivity contribution in [3.8, 4) is 5.75 Å². The molecule has 2 N–H and O–H groups in total. The molecule has 3 aromatic rings. The van der Waals surface area contributed by atoms with E-state index in [9.17, 15) is 9.18 Å². The van der Waals surface area contributed by atoms with Gasteiger partial charge in [0.15, 0.2) is 0 Å². The minimum atomic E-state index is -0.529. The van der Waals surface area contributed by atoms with Crippen LogP contribution in [0.3, 0.4) is 0 Å². The molecular formula is C17H14ClFN2O2. The smallest absolute Gasteiger partial charge is 0.272 e. The van der Waals surface area contributed by atoms with Gasteiger partial charge in [0.1, 0.15) is 17.3 Å². The van der Waals surface area contributed by atoms with E-state index >= 15 is 0 Å². The Morgan fingerprint density at radius 1 is 1.26 bits per heavy atom. The Morgan fingerprint density at radius 2 is 2.04 bits per heavy atom. The first kappa shape index (κ1) is 15.4. The fourth-order valence-electron chi connectivity index (χ4n) is 2.43. The Kier molecular flexibility index (Phi) is 3.96. The number of aromatic nitrogens is 1. The van der Waals surface area contributed by atoms with Crippen LogP contribution in [0, 0.1) is 12.7 Å². The highest BCUT2D eigenvalue weighted by Gasteiger charge is 2.16. The first-order valence-corrected chi connectivity index (χ1v) is 7.30. The van der Waals surface area contributed by atoms with Crippen LogP contribution in [0.5, 0.6) is 5.75 Å². The molecule has 4 nitrogen and oxygen atoms in total. The van der Waals surface area contributed by atoms with E-state index in [0.717, 1.165) is 22.2 Å². The molecule has 0 aliphatic rings. The SMILES string of the molecule is COc1ccc2[nH]c(C(=O)Nc3ccc(F)c(Cl)c3)c(C)c2c1. The molecule has 3 rings (SSSR count). The van der Waals surface area contributed by atoms with Crippen molar-refractivity contribution in [2.24, 2.45) is 0 Å². The lowest BCUT2D eigenvalue weighted by atomic mass is 10.1. The van der Waals surface area contributed by atoms with Gasteiger partial charge in [0, 0.05) is 16.6 Å². The van der Waals surface area contributed by atoms with E-state index in [1.54, 1.807) is 7.11 Å². The van der Waals surface area contributed by atoms with Crippen LogP contribution in [0.1, 0.15) is 16.1 Å². The number of hydrogen-bond acceptors (Lipinski definition) is 2. The largest absolute Gasteiger partial charge is 0.497 e. The maximum Gasteiger partial charge on any atom is 0.272 e. The molecule has 0 spiro atoms. The number of halogens is 2. The molecule has 0 atom stereocenters. The van der Waals surface area contributed by atoms with Gasteiger partial charge in [-0.3, -0.25) is 4.79 Å². The second-order valence-electron chi connectivity index (χ2n) is 5.12. The fourth-order valence-corrected chi connectivity index (χ4v) is 2.61. The number of H-pyrrole nitrogens is 1. The highest BCUT2D eigenvalue weighted by Crippen LogP contribution is 2.27. The van der Waals surface area contributed by atoms with Crippen LogP contribution < -0.4 is 10.1 Å². The second kappa shape index (κ2) is 5.93. The maximum absolute atomic E-state index is 13.2. The van der Waals surface area contributed by atoms with Crippen LogP contribution in [0.2, 0.25) is 5.02 Å². The average Bonchev–Trinajstić information content (AvgIpc) is 2.87. The molecule has 0 unspecified atom stereocenters. The summed E-state index contributed by atoms with van der Waals surface area (Å²) in [6.07, 6.45) is 0. The summed E-state index contributed by atoms with van der Waals surface area (Å²) in [5, 5.41) is 3.57. The standard InChI is InChI=1S/C17H14ClFN2O2/c1-9-12-8-11(23-2)4-6-15(12)21-16(9)17(22)20-10-3-5-14(19)13(18)7-10/h3-8,21H,1-2H3,(H,20,22). The van der Waals surface area contributed by atoms with Gasteiger partial charge in [-0.15, -0.1) is 0 Å². The molecule has 6 heteroatoms. The summed E-state index contributed by atoms with van der Waals surface area (Å²) in [6.45, 7) is 1.85. The van der Waals surface area contributed by atoms with Crippen LogP contribution in [-0.2, 0) is 0 Å². The average molecular weight is 333 g/mol. The Hall–Kier alpha value is -2.53. The first-order chi connectivity index (χ1) is 11.0. The van der Waals surface area contributed by atoms with E-state index in [1.807, 2.05) is 25.1 Å². The lowest BCUT2D eigenvalue weighted by Crippen LogP contribution is -2.13. The normalized spacial score (nSPS) is 10.8. The summed E-state index contributed by atoms with van der Waals surface area (Å²) in [6, 6.07) is 9.58. The van der Waals surface area contributed by atoms with Gasteiger partial charge in [-0.25, -0.2) is 4.39 Å². The third-order valence-corrected chi connectivity index (χ3v) is 3.96. The third-order valence-electron chi connectivity index (χ3n) is 3.67. The molecule has 1 aromatic heterocycles. The Balaban J connectivity index is 1.94. The van der Waals surface area contributed by atoms with Gasteiger partial charge < -0.3 is 15.0 Å². The van der Waals surface area contributed by atoms with Crippen molar-refractivity contribution in [3.05, 3.63) is 58.5 Å². The lowest BCUT2D eigenvalue weighted by molar-refractivity contribution is 0.102. The number of amides is 1. The molecule has 0 radical (unpaired) electrons. The van der Waals surface area contributed by atoms with Crippen molar-refractivity contribution in [1.82, 2.24) is 4.98 Å². The van der Waals surface area contributed by atoms with Gasteiger partial charge in [0.25, 0.3) is 5.91 Å². The predicted molar refractivity (Wildman–Crippen MR) is 89.0 cm³/mol. The van der Waals surface area contributed by atoms with E-state index < -0.39 is 5.82 Å². The van der Waals surface area contributed by atoms with E-state index in [2.05, 4.69) is 10.3 Å². The van der Waals surface area contributed by atoms with E-state index in [0.29, 0.717) is 11.4 Å².